The van der Waals surface area contributed by atoms with Gasteiger partial charge in [-0.05, 0) is 83.5 Å². The Bertz CT molecular complexity index is 1310. The zero-order chi connectivity index (χ0) is 50.7. The van der Waals surface area contributed by atoms with E-state index < -0.39 is 6.10 Å². The zero-order valence-electron chi connectivity index (χ0n) is 46.3. The quantitative estimate of drug-likeness (QED) is 0.0261. The van der Waals surface area contributed by atoms with Crippen molar-refractivity contribution in [2.45, 2.75) is 303 Å². The second-order valence-electron chi connectivity index (χ2n) is 19.9. The summed E-state index contributed by atoms with van der Waals surface area (Å²) in [6.45, 7) is 6.45. The molecule has 1 atom stereocenters. The minimum Gasteiger partial charge on any atom is -0.462 e. The molecule has 0 radical (unpaired) electrons. The first-order valence-electron chi connectivity index (χ1n) is 29.9. The van der Waals surface area contributed by atoms with Crippen LogP contribution in [-0.4, -0.2) is 37.2 Å². The van der Waals surface area contributed by atoms with Gasteiger partial charge in [-0.15, -0.1) is 0 Å². The molecule has 0 spiro atoms. The molecule has 0 heterocycles. The maximum Gasteiger partial charge on any atom is 0.306 e. The molecule has 6 heteroatoms. The molecule has 0 aliphatic heterocycles. The molecule has 6 nitrogen and oxygen atoms in total. The van der Waals surface area contributed by atoms with Gasteiger partial charge in [0.1, 0.15) is 13.2 Å². The van der Waals surface area contributed by atoms with E-state index in [9.17, 15) is 14.4 Å². The van der Waals surface area contributed by atoms with Gasteiger partial charge in [-0.3, -0.25) is 14.4 Å². The summed E-state index contributed by atoms with van der Waals surface area (Å²) < 4.78 is 16.8. The number of carbonyl (C=O) groups is 3. The molecule has 0 fully saturated rings. The monoisotopic (exact) mass is 977 g/mol. The van der Waals surface area contributed by atoms with Crippen LogP contribution in [-0.2, 0) is 28.6 Å². The van der Waals surface area contributed by atoms with Crippen LogP contribution < -0.4 is 0 Å². The summed E-state index contributed by atoms with van der Waals surface area (Å²) in [4.78, 5) is 37.9. The molecule has 0 aromatic carbocycles. The third-order valence-corrected chi connectivity index (χ3v) is 12.9. The van der Waals surface area contributed by atoms with Gasteiger partial charge in [0.05, 0.1) is 0 Å². The average molecular weight is 978 g/mol. The molecule has 0 aromatic heterocycles. The number of carbonyl (C=O) groups excluding carboxylic acids is 3. The van der Waals surface area contributed by atoms with E-state index in [2.05, 4.69) is 93.7 Å². The Hall–Kier alpha value is -3.15. The van der Waals surface area contributed by atoms with Crippen LogP contribution in [0.4, 0.5) is 0 Å². The Morgan fingerprint density at radius 1 is 0.300 bits per heavy atom. The van der Waals surface area contributed by atoms with Gasteiger partial charge in [0, 0.05) is 19.3 Å². The van der Waals surface area contributed by atoms with Gasteiger partial charge in [-0.25, -0.2) is 0 Å². The smallest absolute Gasteiger partial charge is 0.306 e. The molecule has 0 aliphatic carbocycles. The summed E-state index contributed by atoms with van der Waals surface area (Å²) in [6, 6.07) is 0. The second kappa shape index (κ2) is 58.4. The fraction of sp³-hybridized carbons (Fsp3) is 0.766. The van der Waals surface area contributed by atoms with Crippen molar-refractivity contribution in [1.82, 2.24) is 0 Å². The molecule has 0 saturated carbocycles. The van der Waals surface area contributed by atoms with Crippen molar-refractivity contribution >= 4 is 17.9 Å². The molecule has 0 amide bonds. The number of ether oxygens (including phenoxy) is 3. The summed E-state index contributed by atoms with van der Waals surface area (Å²) in [5, 5.41) is 0. The van der Waals surface area contributed by atoms with Crippen molar-refractivity contribution in [3.8, 4) is 0 Å². The second-order valence-corrected chi connectivity index (χ2v) is 19.9. The number of allylic oxidation sites excluding steroid dienone is 12. The van der Waals surface area contributed by atoms with Gasteiger partial charge in [-0.1, -0.05) is 267 Å². The SMILES string of the molecule is CC/C=C\C/C=C\C/C=C\C/C=C\CCCCCCCCCCCCCCCCCCCCC(=O)OCC(COC(=O)CCCCCCCCC)OC(=O)CCCCCCC/C=C\C/C=C\CCCC. The maximum atomic E-state index is 12.8. The molecule has 0 bridgehead atoms. The number of esters is 3. The molecule has 0 aliphatic rings. The predicted molar refractivity (Wildman–Crippen MR) is 302 cm³/mol. The van der Waals surface area contributed by atoms with E-state index in [0.717, 1.165) is 109 Å². The van der Waals surface area contributed by atoms with Crippen LogP contribution in [0.25, 0.3) is 0 Å². The zero-order valence-corrected chi connectivity index (χ0v) is 46.3. The number of rotatable bonds is 54. The summed E-state index contributed by atoms with van der Waals surface area (Å²) in [7, 11) is 0. The van der Waals surface area contributed by atoms with E-state index in [1.807, 2.05) is 0 Å². The van der Waals surface area contributed by atoms with E-state index >= 15 is 0 Å². The lowest BCUT2D eigenvalue weighted by Crippen LogP contribution is -2.30. The van der Waals surface area contributed by atoms with Crippen molar-refractivity contribution in [3.05, 3.63) is 72.9 Å². The van der Waals surface area contributed by atoms with Crippen LogP contribution in [0.15, 0.2) is 72.9 Å². The molecule has 0 saturated heterocycles. The van der Waals surface area contributed by atoms with Crippen LogP contribution in [0.1, 0.15) is 297 Å². The summed E-state index contributed by atoms with van der Waals surface area (Å²) in [5.74, 6) is -0.889. The number of hydrogen-bond donors (Lipinski definition) is 0. The van der Waals surface area contributed by atoms with E-state index in [1.54, 1.807) is 0 Å². The summed E-state index contributed by atoms with van der Waals surface area (Å²) in [5.41, 5.74) is 0. The highest BCUT2D eigenvalue weighted by molar-refractivity contribution is 5.71. The van der Waals surface area contributed by atoms with Crippen molar-refractivity contribution in [3.63, 3.8) is 0 Å². The molecule has 404 valence electrons. The summed E-state index contributed by atoms with van der Waals surface area (Å²) in [6.07, 6.45) is 75.1. The van der Waals surface area contributed by atoms with Gasteiger partial charge >= 0.3 is 17.9 Å². The number of unbranched alkanes of at least 4 members (excludes halogenated alkanes) is 31. The molecule has 0 N–H and O–H groups in total. The van der Waals surface area contributed by atoms with Crippen molar-refractivity contribution < 1.29 is 28.6 Å². The van der Waals surface area contributed by atoms with Crippen molar-refractivity contribution in [2.75, 3.05) is 13.2 Å². The van der Waals surface area contributed by atoms with Crippen LogP contribution >= 0.6 is 0 Å². The van der Waals surface area contributed by atoms with Gasteiger partial charge in [-0.2, -0.15) is 0 Å². The Morgan fingerprint density at radius 2 is 0.571 bits per heavy atom. The predicted octanol–water partition coefficient (Wildman–Crippen LogP) is 20.2. The fourth-order valence-corrected chi connectivity index (χ4v) is 8.45. The lowest BCUT2D eigenvalue weighted by Gasteiger charge is -2.18. The molecule has 0 rings (SSSR count). The average Bonchev–Trinajstić information content (AvgIpc) is 3.36. The van der Waals surface area contributed by atoms with Crippen molar-refractivity contribution in [2.24, 2.45) is 0 Å². The highest BCUT2D eigenvalue weighted by Crippen LogP contribution is 2.16. The minimum absolute atomic E-state index is 0.0774. The van der Waals surface area contributed by atoms with Crippen LogP contribution in [0.5, 0.6) is 0 Å². The van der Waals surface area contributed by atoms with Crippen LogP contribution in [0.3, 0.4) is 0 Å². The third-order valence-electron chi connectivity index (χ3n) is 12.9. The Morgan fingerprint density at radius 3 is 0.914 bits per heavy atom. The van der Waals surface area contributed by atoms with E-state index in [-0.39, 0.29) is 31.1 Å². The molecule has 0 aromatic rings. The van der Waals surface area contributed by atoms with Gasteiger partial charge in [0.15, 0.2) is 6.10 Å². The molecule has 1 unspecified atom stereocenters. The highest BCUT2D eigenvalue weighted by atomic mass is 16.6. The molecule has 70 heavy (non-hydrogen) atoms. The first-order chi connectivity index (χ1) is 34.5. The van der Waals surface area contributed by atoms with Crippen LogP contribution in [0.2, 0.25) is 0 Å². The van der Waals surface area contributed by atoms with Gasteiger partial charge < -0.3 is 14.2 Å². The fourth-order valence-electron chi connectivity index (χ4n) is 8.45. The van der Waals surface area contributed by atoms with Crippen molar-refractivity contribution in [1.29, 1.82) is 0 Å². The molecular weight excluding hydrogens is 865 g/mol. The largest absolute Gasteiger partial charge is 0.462 e. The Balaban J connectivity index is 4.02. The van der Waals surface area contributed by atoms with E-state index in [0.29, 0.717) is 19.3 Å². The lowest BCUT2D eigenvalue weighted by atomic mass is 10.0. The molecular formula is C64H112O6. The van der Waals surface area contributed by atoms with Gasteiger partial charge in [0.2, 0.25) is 0 Å². The summed E-state index contributed by atoms with van der Waals surface area (Å²) >= 11 is 0. The first-order valence-corrected chi connectivity index (χ1v) is 29.9. The maximum absolute atomic E-state index is 12.8. The van der Waals surface area contributed by atoms with Crippen LogP contribution in [0, 0.1) is 0 Å². The normalized spacial score (nSPS) is 12.6. The first kappa shape index (κ1) is 66.9. The Kier molecular flexibility index (Phi) is 55.8. The Labute approximate surface area is 433 Å². The number of hydrogen-bond acceptors (Lipinski definition) is 6. The third kappa shape index (κ3) is 55.8. The van der Waals surface area contributed by atoms with Gasteiger partial charge in [0.25, 0.3) is 0 Å². The standard InChI is InChI=1S/C64H112O6/c1-4-7-10-13-16-18-20-22-24-25-26-27-28-29-30-31-32-33-34-35-36-37-38-39-40-42-43-45-48-51-54-57-63(66)69-60-61(59-68-62(65)56-53-50-47-15-12-9-6-3)70-64(67)58-55-52-49-46-44-41-23-21-19-17-14-11-8-5-2/h7,10,14,16-18,21-24,26-27,61H,4-6,8-9,11-13,15,19-20,25,28-60H2,1-3H3/b10-7-,17-14-,18-16-,23-21-,24-22-,27-26-. The minimum atomic E-state index is -0.777. The van der Waals surface area contributed by atoms with E-state index in [1.165, 1.54) is 148 Å². The highest BCUT2D eigenvalue weighted by Gasteiger charge is 2.19. The topological polar surface area (TPSA) is 78.9 Å². The van der Waals surface area contributed by atoms with E-state index in [4.69, 9.17) is 14.2 Å². The lowest BCUT2D eigenvalue weighted by molar-refractivity contribution is -0.167.